The van der Waals surface area contributed by atoms with E-state index in [2.05, 4.69) is 12.2 Å². The maximum absolute atomic E-state index is 11.8. The van der Waals surface area contributed by atoms with Gasteiger partial charge in [-0.05, 0) is 45.4 Å². The highest BCUT2D eigenvalue weighted by molar-refractivity contribution is 5.69. The summed E-state index contributed by atoms with van der Waals surface area (Å²) in [6, 6.07) is -0.0892. The molecule has 0 amide bonds. The molecule has 0 heterocycles. The van der Waals surface area contributed by atoms with Gasteiger partial charge < -0.3 is 14.8 Å². The molecular weight excluding hydrogens is 246 g/mol. The van der Waals surface area contributed by atoms with E-state index in [9.17, 15) is 10.0 Å². The zero-order chi connectivity index (χ0) is 14.0. The second-order valence-corrected chi connectivity index (χ2v) is 6.30. The van der Waals surface area contributed by atoms with Gasteiger partial charge in [0.25, 0.3) is 0 Å². The number of ether oxygens (including phenoxy) is 1. The van der Waals surface area contributed by atoms with E-state index in [1.807, 2.05) is 20.8 Å². The fourth-order valence-electron chi connectivity index (χ4n) is 2.70. The molecule has 0 saturated heterocycles. The van der Waals surface area contributed by atoms with E-state index in [0.29, 0.717) is 17.1 Å². The summed E-state index contributed by atoms with van der Waals surface area (Å²) in [6.45, 7) is 5.52. The van der Waals surface area contributed by atoms with Crippen molar-refractivity contribution in [2.75, 3.05) is 6.61 Å². The highest BCUT2D eigenvalue weighted by atomic mass is 16.9. The lowest BCUT2D eigenvalue weighted by molar-refractivity contribution is -0.172. The Hall–Kier alpha value is -0.910. The summed E-state index contributed by atoms with van der Waals surface area (Å²) in [5.41, 5.74) is -0.496. The van der Waals surface area contributed by atoms with Gasteiger partial charge in [0.15, 0.2) is 0 Å². The predicted molar refractivity (Wildman–Crippen MR) is 70.8 cm³/mol. The van der Waals surface area contributed by atoms with E-state index in [1.54, 1.807) is 0 Å². The Morgan fingerprint density at radius 3 is 2.63 bits per heavy atom. The first-order valence-electron chi connectivity index (χ1n) is 6.84. The van der Waals surface area contributed by atoms with Gasteiger partial charge in [-0.15, -0.1) is 0 Å². The number of carbonyl (C=O) groups excluding carboxylic acids is 1. The summed E-state index contributed by atoms with van der Waals surface area (Å²) >= 11 is 0. The van der Waals surface area contributed by atoms with Gasteiger partial charge in [-0.3, -0.25) is 10.0 Å². The third kappa shape index (κ3) is 4.03. The minimum atomic E-state index is -0.496. The number of hydrogen-bond donors (Lipinski definition) is 0. The summed E-state index contributed by atoms with van der Waals surface area (Å²) < 4.78 is 5.14. The smallest absolute Gasteiger partial charge is 0.308 e. The molecule has 1 saturated carbocycles. The molecule has 5 heteroatoms. The number of rotatable bonds is 5. The largest absolute Gasteiger partial charge is 0.762 e. The van der Waals surface area contributed by atoms with Gasteiger partial charge in [0.1, 0.15) is 5.60 Å². The zero-order valence-corrected chi connectivity index (χ0v) is 11.8. The van der Waals surface area contributed by atoms with Crippen LogP contribution < -0.4 is 0 Å². The highest BCUT2D eigenvalue weighted by Gasteiger charge is 2.36. The molecule has 2 rings (SSSR count). The molecule has 1 fully saturated rings. The first-order chi connectivity index (χ1) is 8.85. The molecule has 3 atom stereocenters. The summed E-state index contributed by atoms with van der Waals surface area (Å²) in [7, 11) is 0. The lowest BCUT2D eigenvalue weighted by Gasteiger charge is -2.36. The number of hydroxylamine groups is 2. The topological polar surface area (TPSA) is 61.8 Å². The van der Waals surface area contributed by atoms with Crippen LogP contribution in [0.15, 0.2) is 12.2 Å². The van der Waals surface area contributed by atoms with Crippen LogP contribution >= 0.6 is 0 Å². The minimum absolute atomic E-state index is 0.0794. The van der Waals surface area contributed by atoms with Gasteiger partial charge >= 0.3 is 5.97 Å². The maximum Gasteiger partial charge on any atom is 0.308 e. The average Bonchev–Trinajstić information content (AvgIpc) is 2.87. The van der Waals surface area contributed by atoms with Gasteiger partial charge in [-0.1, -0.05) is 12.2 Å². The number of hydrogen-bond acceptors (Lipinski definition) is 5. The van der Waals surface area contributed by atoms with Crippen molar-refractivity contribution < 1.29 is 14.4 Å². The minimum Gasteiger partial charge on any atom is -0.762 e. The van der Waals surface area contributed by atoms with Gasteiger partial charge in [0, 0.05) is 6.04 Å². The fraction of sp³-hybridized carbons (Fsp3) is 0.786. The number of nitrogens with zero attached hydrogens (tertiary/aromatic N) is 1. The standard InChI is InChI=1S/C14H22NO4/c1-14(2,3)19-13(16)6-7-18-15(17)12-9-10-4-5-11(12)8-10/h4-5,10-12H,6-9H2,1-3H3/q-1. The van der Waals surface area contributed by atoms with Crippen LogP contribution in [0.4, 0.5) is 0 Å². The third-order valence-electron chi connectivity index (χ3n) is 3.46. The quantitative estimate of drug-likeness (QED) is 0.435. The average molecular weight is 268 g/mol. The van der Waals surface area contributed by atoms with Crippen LogP contribution in [0.2, 0.25) is 0 Å². The first kappa shape index (κ1) is 14.5. The Labute approximate surface area is 114 Å². The van der Waals surface area contributed by atoms with Crippen molar-refractivity contribution in [3.05, 3.63) is 17.4 Å². The Morgan fingerprint density at radius 1 is 1.37 bits per heavy atom. The Kier molecular flexibility index (Phi) is 4.28. The maximum atomic E-state index is 11.8. The molecule has 2 aliphatic rings. The molecule has 2 aliphatic carbocycles. The van der Waals surface area contributed by atoms with Crippen LogP contribution in [0.5, 0.6) is 0 Å². The zero-order valence-electron chi connectivity index (χ0n) is 11.8. The predicted octanol–water partition coefficient (Wildman–Crippen LogP) is 2.41. The number of fused-ring (bicyclic) bond motifs is 2. The molecule has 0 aromatic rings. The summed E-state index contributed by atoms with van der Waals surface area (Å²) in [5.74, 6) is 0.499. The Balaban J connectivity index is 1.66. The monoisotopic (exact) mass is 268 g/mol. The van der Waals surface area contributed by atoms with Crippen molar-refractivity contribution in [3.63, 3.8) is 0 Å². The van der Waals surface area contributed by atoms with Crippen molar-refractivity contribution in [2.45, 2.75) is 51.7 Å². The molecule has 0 N–H and O–H groups in total. The van der Waals surface area contributed by atoms with Crippen molar-refractivity contribution >= 4 is 5.97 Å². The Bertz CT molecular complexity index is 361. The molecule has 0 aromatic carbocycles. The van der Waals surface area contributed by atoms with Gasteiger partial charge in [0.05, 0.1) is 13.0 Å². The SMILES string of the molecule is CC(C)(C)OC(=O)CCON([O-])C1CC2C=CC1C2. The summed E-state index contributed by atoms with van der Waals surface area (Å²) in [6.07, 6.45) is 6.29. The van der Waals surface area contributed by atoms with E-state index in [1.165, 1.54) is 0 Å². The number of carbonyl (C=O) groups is 1. The van der Waals surface area contributed by atoms with Crippen LogP contribution in [0, 0.1) is 17.0 Å². The molecule has 3 unspecified atom stereocenters. The van der Waals surface area contributed by atoms with Gasteiger partial charge in [-0.25, -0.2) is 0 Å². The fourth-order valence-corrected chi connectivity index (χ4v) is 2.70. The van der Waals surface area contributed by atoms with Crippen LogP contribution in [0.1, 0.15) is 40.0 Å². The molecule has 2 bridgehead atoms. The number of allylic oxidation sites excluding steroid dienone is 1. The highest BCUT2D eigenvalue weighted by Crippen LogP contribution is 2.41. The Morgan fingerprint density at radius 2 is 2.11 bits per heavy atom. The molecular formula is C14H22NO4-. The third-order valence-corrected chi connectivity index (χ3v) is 3.46. The second kappa shape index (κ2) is 5.61. The molecule has 0 aromatic heterocycles. The molecule has 0 radical (unpaired) electrons. The van der Waals surface area contributed by atoms with Crippen LogP contribution in [0.3, 0.4) is 0 Å². The molecule has 19 heavy (non-hydrogen) atoms. The van der Waals surface area contributed by atoms with Crippen molar-refractivity contribution in [2.24, 2.45) is 11.8 Å². The molecule has 5 nitrogen and oxygen atoms in total. The van der Waals surface area contributed by atoms with Crippen LogP contribution in [-0.2, 0) is 14.4 Å². The molecule has 108 valence electrons. The number of esters is 1. The summed E-state index contributed by atoms with van der Waals surface area (Å²) in [4.78, 5) is 16.6. The van der Waals surface area contributed by atoms with Crippen molar-refractivity contribution in [1.82, 2.24) is 5.23 Å². The van der Waals surface area contributed by atoms with Crippen LogP contribution in [-0.4, -0.2) is 29.4 Å². The van der Waals surface area contributed by atoms with Crippen molar-refractivity contribution in [1.29, 1.82) is 0 Å². The molecule has 0 spiro atoms. The van der Waals surface area contributed by atoms with E-state index < -0.39 is 5.60 Å². The van der Waals surface area contributed by atoms with E-state index in [-0.39, 0.29) is 25.0 Å². The van der Waals surface area contributed by atoms with E-state index in [4.69, 9.17) is 9.57 Å². The first-order valence-corrected chi connectivity index (χ1v) is 6.84. The molecule has 0 aliphatic heterocycles. The normalized spacial score (nSPS) is 29.2. The van der Waals surface area contributed by atoms with E-state index in [0.717, 1.165) is 12.8 Å². The van der Waals surface area contributed by atoms with Gasteiger partial charge in [0.2, 0.25) is 0 Å². The second-order valence-electron chi connectivity index (χ2n) is 6.30. The van der Waals surface area contributed by atoms with Gasteiger partial charge in [-0.2, -0.15) is 0 Å². The van der Waals surface area contributed by atoms with Crippen LogP contribution in [0.25, 0.3) is 0 Å². The lowest BCUT2D eigenvalue weighted by Crippen LogP contribution is -2.34. The summed E-state index contributed by atoms with van der Waals surface area (Å²) in [5, 5.41) is 12.5. The van der Waals surface area contributed by atoms with E-state index >= 15 is 0 Å². The van der Waals surface area contributed by atoms with Crippen molar-refractivity contribution in [3.8, 4) is 0 Å². The lowest BCUT2D eigenvalue weighted by atomic mass is 10.0.